The number of carbonyl (C=O) groups excluding carboxylic acids is 1. The Hall–Kier alpha value is -1.97. The van der Waals surface area contributed by atoms with Gasteiger partial charge in [-0.2, -0.15) is 0 Å². The lowest BCUT2D eigenvalue weighted by Gasteiger charge is -2.08. The minimum Gasteiger partial charge on any atom is -0.515 e. The Kier molecular flexibility index (Phi) is 2.56. The number of hydrogen-bond donors (Lipinski definition) is 1. The van der Waals surface area contributed by atoms with Gasteiger partial charge in [0.1, 0.15) is 0 Å². The molecule has 1 aliphatic rings. The molecule has 4 heteroatoms. The summed E-state index contributed by atoms with van der Waals surface area (Å²) in [6.07, 6.45) is 1.30. The SMILES string of the molecule is COc1cc2c(cc1OC)C(=O)/C(=C/O)C2. The van der Waals surface area contributed by atoms with Crippen LogP contribution in [0.5, 0.6) is 11.5 Å². The number of benzene rings is 1. The summed E-state index contributed by atoms with van der Waals surface area (Å²) in [5, 5.41) is 8.92. The van der Waals surface area contributed by atoms with Gasteiger partial charge < -0.3 is 14.6 Å². The van der Waals surface area contributed by atoms with Crippen molar-refractivity contribution in [2.24, 2.45) is 0 Å². The standard InChI is InChI=1S/C12H12O4/c1-15-10-4-7-3-8(6-13)12(14)9(7)5-11(10)16-2/h4-6,13H,3H2,1-2H3/b8-6+. The van der Waals surface area contributed by atoms with E-state index in [0.29, 0.717) is 29.1 Å². The normalized spacial score (nSPS) is 16.4. The molecule has 0 heterocycles. The van der Waals surface area contributed by atoms with Crippen LogP contribution in [0.25, 0.3) is 0 Å². The van der Waals surface area contributed by atoms with Crippen molar-refractivity contribution < 1.29 is 19.4 Å². The van der Waals surface area contributed by atoms with Gasteiger partial charge in [-0.1, -0.05) is 0 Å². The minimum atomic E-state index is -0.154. The first-order chi connectivity index (χ1) is 7.71. The van der Waals surface area contributed by atoms with Crippen LogP contribution in [0.15, 0.2) is 24.0 Å². The van der Waals surface area contributed by atoms with Crippen molar-refractivity contribution in [2.75, 3.05) is 14.2 Å². The molecule has 1 aromatic carbocycles. The predicted molar refractivity (Wildman–Crippen MR) is 58.3 cm³/mol. The highest BCUT2D eigenvalue weighted by molar-refractivity contribution is 6.13. The second-order valence-electron chi connectivity index (χ2n) is 3.52. The van der Waals surface area contributed by atoms with Crippen LogP contribution in [0.4, 0.5) is 0 Å². The average Bonchev–Trinajstić information content (AvgIpc) is 2.63. The van der Waals surface area contributed by atoms with Gasteiger partial charge in [-0.05, 0) is 17.7 Å². The molecule has 2 rings (SSSR count). The Morgan fingerprint density at radius 2 is 1.88 bits per heavy atom. The Balaban J connectivity index is 2.55. The molecule has 0 aliphatic heterocycles. The van der Waals surface area contributed by atoms with Gasteiger partial charge in [0.15, 0.2) is 17.3 Å². The van der Waals surface area contributed by atoms with Crippen molar-refractivity contribution in [3.05, 3.63) is 35.1 Å². The molecule has 0 fully saturated rings. The van der Waals surface area contributed by atoms with Crippen molar-refractivity contribution in [1.29, 1.82) is 0 Å². The average molecular weight is 220 g/mol. The second-order valence-corrected chi connectivity index (χ2v) is 3.52. The smallest absolute Gasteiger partial charge is 0.192 e. The van der Waals surface area contributed by atoms with Crippen LogP contribution in [-0.4, -0.2) is 25.1 Å². The summed E-state index contributed by atoms with van der Waals surface area (Å²) in [6.45, 7) is 0. The molecule has 16 heavy (non-hydrogen) atoms. The zero-order chi connectivity index (χ0) is 11.7. The number of aliphatic hydroxyl groups excluding tert-OH is 1. The number of carbonyl (C=O) groups is 1. The van der Waals surface area contributed by atoms with Gasteiger partial charge >= 0.3 is 0 Å². The molecule has 0 atom stereocenters. The van der Waals surface area contributed by atoms with E-state index in [4.69, 9.17) is 14.6 Å². The van der Waals surface area contributed by atoms with Gasteiger partial charge in [0.2, 0.25) is 0 Å². The van der Waals surface area contributed by atoms with E-state index >= 15 is 0 Å². The van der Waals surface area contributed by atoms with Crippen molar-refractivity contribution in [3.8, 4) is 11.5 Å². The summed E-state index contributed by atoms with van der Waals surface area (Å²) >= 11 is 0. The van der Waals surface area contributed by atoms with E-state index in [1.54, 1.807) is 19.2 Å². The lowest BCUT2D eigenvalue weighted by Crippen LogP contribution is -1.97. The Morgan fingerprint density at radius 1 is 1.25 bits per heavy atom. The first kappa shape index (κ1) is 10.5. The molecule has 84 valence electrons. The summed E-state index contributed by atoms with van der Waals surface area (Å²) in [5.74, 6) is 0.959. The van der Waals surface area contributed by atoms with Crippen LogP contribution in [0, 0.1) is 0 Å². The molecular formula is C12H12O4. The first-order valence-electron chi connectivity index (χ1n) is 4.84. The molecule has 0 aromatic heterocycles. The maximum absolute atomic E-state index is 11.8. The van der Waals surface area contributed by atoms with Gasteiger partial charge in [-0.25, -0.2) is 0 Å². The van der Waals surface area contributed by atoms with Gasteiger partial charge in [0.25, 0.3) is 0 Å². The third-order valence-electron chi connectivity index (χ3n) is 2.68. The minimum absolute atomic E-state index is 0.154. The Morgan fingerprint density at radius 3 is 2.44 bits per heavy atom. The Labute approximate surface area is 93.1 Å². The number of Topliss-reactive ketones (excluding diaryl/α,β-unsaturated/α-hetero) is 1. The summed E-state index contributed by atoms with van der Waals surface area (Å²) < 4.78 is 10.3. The molecule has 0 saturated heterocycles. The number of aliphatic hydroxyl groups is 1. The van der Waals surface area contributed by atoms with E-state index in [0.717, 1.165) is 11.8 Å². The maximum atomic E-state index is 11.8. The fraction of sp³-hybridized carbons (Fsp3) is 0.250. The molecule has 1 aromatic rings. The fourth-order valence-electron chi connectivity index (χ4n) is 1.84. The summed E-state index contributed by atoms with van der Waals surface area (Å²) in [6, 6.07) is 3.41. The van der Waals surface area contributed by atoms with Crippen molar-refractivity contribution in [3.63, 3.8) is 0 Å². The summed E-state index contributed by atoms with van der Waals surface area (Å²) in [5.41, 5.74) is 1.81. The maximum Gasteiger partial charge on any atom is 0.192 e. The molecule has 0 unspecified atom stereocenters. The van der Waals surface area contributed by atoms with Gasteiger partial charge in [-0.3, -0.25) is 4.79 Å². The number of methoxy groups -OCH3 is 2. The number of rotatable bonds is 2. The molecule has 1 aliphatic carbocycles. The van der Waals surface area contributed by atoms with E-state index < -0.39 is 0 Å². The van der Waals surface area contributed by atoms with Gasteiger partial charge in [0.05, 0.1) is 20.5 Å². The molecular weight excluding hydrogens is 208 g/mol. The van der Waals surface area contributed by atoms with Gasteiger partial charge in [0, 0.05) is 17.6 Å². The van der Waals surface area contributed by atoms with Crippen LogP contribution in [-0.2, 0) is 6.42 Å². The molecule has 1 N–H and O–H groups in total. The zero-order valence-electron chi connectivity index (χ0n) is 9.11. The van der Waals surface area contributed by atoms with Crippen LogP contribution >= 0.6 is 0 Å². The monoisotopic (exact) mass is 220 g/mol. The van der Waals surface area contributed by atoms with E-state index in [1.165, 1.54) is 7.11 Å². The third kappa shape index (κ3) is 1.43. The highest BCUT2D eigenvalue weighted by Crippen LogP contribution is 2.36. The molecule has 0 saturated carbocycles. The summed E-state index contributed by atoms with van der Waals surface area (Å²) in [4.78, 5) is 11.8. The lowest BCUT2D eigenvalue weighted by molar-refractivity contribution is 0.103. The number of hydrogen-bond acceptors (Lipinski definition) is 4. The van der Waals surface area contributed by atoms with Crippen LogP contribution in [0.3, 0.4) is 0 Å². The van der Waals surface area contributed by atoms with Crippen molar-refractivity contribution >= 4 is 5.78 Å². The predicted octanol–water partition coefficient (Wildman–Crippen LogP) is 1.88. The highest BCUT2D eigenvalue weighted by atomic mass is 16.5. The van der Waals surface area contributed by atoms with Crippen LogP contribution < -0.4 is 9.47 Å². The van der Waals surface area contributed by atoms with E-state index in [1.807, 2.05) is 0 Å². The molecule has 0 radical (unpaired) electrons. The van der Waals surface area contributed by atoms with Crippen LogP contribution in [0.1, 0.15) is 15.9 Å². The van der Waals surface area contributed by atoms with Crippen LogP contribution in [0.2, 0.25) is 0 Å². The van der Waals surface area contributed by atoms with Gasteiger partial charge in [-0.15, -0.1) is 0 Å². The first-order valence-corrected chi connectivity index (χ1v) is 4.84. The highest BCUT2D eigenvalue weighted by Gasteiger charge is 2.27. The quantitative estimate of drug-likeness (QED) is 0.610. The lowest BCUT2D eigenvalue weighted by atomic mass is 10.1. The number of allylic oxidation sites excluding steroid dienone is 1. The molecule has 0 bridgehead atoms. The van der Waals surface area contributed by atoms with Crippen molar-refractivity contribution in [2.45, 2.75) is 6.42 Å². The molecule has 0 amide bonds. The fourth-order valence-corrected chi connectivity index (χ4v) is 1.84. The zero-order valence-corrected chi connectivity index (χ0v) is 9.11. The molecule has 4 nitrogen and oxygen atoms in total. The van der Waals surface area contributed by atoms with E-state index in [2.05, 4.69) is 0 Å². The largest absolute Gasteiger partial charge is 0.515 e. The number of fused-ring (bicyclic) bond motifs is 1. The third-order valence-corrected chi connectivity index (χ3v) is 2.68. The van der Waals surface area contributed by atoms with Crippen molar-refractivity contribution in [1.82, 2.24) is 0 Å². The van der Waals surface area contributed by atoms with E-state index in [9.17, 15) is 4.79 Å². The summed E-state index contributed by atoms with van der Waals surface area (Å²) in [7, 11) is 3.07. The number of ketones is 1. The second kappa shape index (κ2) is 3.89. The Bertz CT molecular complexity index is 474. The topological polar surface area (TPSA) is 55.8 Å². The number of ether oxygens (including phenoxy) is 2. The molecule has 0 spiro atoms. The van der Waals surface area contributed by atoms with E-state index in [-0.39, 0.29) is 5.78 Å².